The molecule has 0 aliphatic rings. The Morgan fingerprint density at radius 3 is 1.64 bits per heavy atom. The molecule has 0 saturated heterocycles. The molecule has 0 aromatic rings. The zero-order valence-electron chi connectivity index (χ0n) is 7.21. The molecule has 7 heteroatoms. The van der Waals surface area contributed by atoms with Gasteiger partial charge in [-0.05, 0) is 6.42 Å². The molecule has 0 bridgehead atoms. The predicted molar refractivity (Wildman–Crippen MR) is 35.7 cm³/mol. The second-order valence-electron chi connectivity index (χ2n) is 2.80. The lowest BCUT2D eigenvalue weighted by Crippen LogP contribution is -2.52. The Morgan fingerprint density at radius 2 is 1.36 bits per heavy atom. The minimum atomic E-state index is -5.62. The van der Waals surface area contributed by atoms with Crippen molar-refractivity contribution < 1.29 is 30.7 Å². The molecule has 0 aliphatic carbocycles. The van der Waals surface area contributed by atoms with Crippen molar-refractivity contribution in [2.24, 2.45) is 0 Å². The summed E-state index contributed by atoms with van der Waals surface area (Å²) in [4.78, 5) is 0. The normalized spacial score (nSPS) is 16.1. The van der Waals surface area contributed by atoms with Crippen molar-refractivity contribution in [2.45, 2.75) is 44.2 Å². The molecule has 0 N–H and O–H groups in total. The number of hydrogen-bond acceptors (Lipinski definition) is 0. The van der Waals surface area contributed by atoms with Crippen LogP contribution in [0.4, 0.5) is 30.7 Å². The van der Waals surface area contributed by atoms with Gasteiger partial charge in [0.2, 0.25) is 0 Å². The van der Waals surface area contributed by atoms with Crippen molar-refractivity contribution in [3.63, 3.8) is 0 Å². The Bertz CT molecular complexity index is 177. The Morgan fingerprint density at radius 1 is 0.929 bits per heavy atom. The van der Waals surface area contributed by atoms with Gasteiger partial charge in [-0.2, -0.15) is 17.6 Å². The highest BCUT2D eigenvalue weighted by Crippen LogP contribution is 2.43. The zero-order valence-corrected chi connectivity index (χ0v) is 7.21. The van der Waals surface area contributed by atoms with Gasteiger partial charge in [0, 0.05) is 0 Å². The third kappa shape index (κ3) is 2.30. The number of halogens is 7. The van der Waals surface area contributed by atoms with Gasteiger partial charge < -0.3 is 0 Å². The molecule has 0 rings (SSSR count). The lowest BCUT2D eigenvalue weighted by Gasteiger charge is -2.28. The lowest BCUT2D eigenvalue weighted by molar-refractivity contribution is -0.285. The van der Waals surface area contributed by atoms with E-state index in [0.29, 0.717) is 0 Å². The molecular formula is C7H9F7. The van der Waals surface area contributed by atoms with E-state index in [2.05, 4.69) is 0 Å². The van der Waals surface area contributed by atoms with Gasteiger partial charge in [0.25, 0.3) is 0 Å². The minimum Gasteiger partial charge on any atom is -0.241 e. The van der Waals surface area contributed by atoms with E-state index in [9.17, 15) is 30.7 Å². The first-order valence-electron chi connectivity index (χ1n) is 3.85. The van der Waals surface area contributed by atoms with Crippen LogP contribution in [0.1, 0.15) is 19.8 Å². The highest BCUT2D eigenvalue weighted by molar-refractivity contribution is 4.92. The highest BCUT2D eigenvalue weighted by atomic mass is 19.3. The monoisotopic (exact) mass is 226 g/mol. The van der Waals surface area contributed by atoms with Crippen LogP contribution in [-0.2, 0) is 0 Å². The van der Waals surface area contributed by atoms with E-state index >= 15 is 0 Å². The summed E-state index contributed by atoms with van der Waals surface area (Å²) in [7, 11) is 0. The fourth-order valence-corrected chi connectivity index (χ4v) is 0.789. The summed E-state index contributed by atoms with van der Waals surface area (Å²) in [5.74, 6) is -10.9. The summed E-state index contributed by atoms with van der Waals surface area (Å²) < 4.78 is 84.7. The van der Waals surface area contributed by atoms with Gasteiger partial charge in [-0.25, -0.2) is 13.2 Å². The first kappa shape index (κ1) is 13.5. The van der Waals surface area contributed by atoms with Crippen molar-refractivity contribution in [1.29, 1.82) is 0 Å². The molecule has 0 amide bonds. The van der Waals surface area contributed by atoms with Crippen molar-refractivity contribution in [2.75, 3.05) is 0 Å². The molecule has 14 heavy (non-hydrogen) atoms. The van der Waals surface area contributed by atoms with Crippen molar-refractivity contribution in [3.05, 3.63) is 0 Å². The molecular weight excluding hydrogens is 217 g/mol. The van der Waals surface area contributed by atoms with Crippen LogP contribution in [0.5, 0.6) is 0 Å². The van der Waals surface area contributed by atoms with Crippen LogP contribution in [0.2, 0.25) is 0 Å². The van der Waals surface area contributed by atoms with Crippen LogP contribution >= 0.6 is 0 Å². The van der Waals surface area contributed by atoms with Crippen LogP contribution in [-0.4, -0.2) is 24.4 Å². The van der Waals surface area contributed by atoms with E-state index in [1.54, 1.807) is 0 Å². The first-order valence-corrected chi connectivity index (χ1v) is 3.85. The molecule has 0 aromatic carbocycles. The molecule has 1 atom stereocenters. The van der Waals surface area contributed by atoms with Crippen LogP contribution in [0, 0.1) is 0 Å². The lowest BCUT2D eigenvalue weighted by atomic mass is 10.0. The summed E-state index contributed by atoms with van der Waals surface area (Å²) in [5.41, 5.74) is 0. The van der Waals surface area contributed by atoms with Gasteiger partial charge in [0.1, 0.15) is 0 Å². The molecule has 0 heterocycles. The number of hydrogen-bond donors (Lipinski definition) is 0. The maximum atomic E-state index is 12.5. The van der Waals surface area contributed by atoms with Crippen LogP contribution in [0.3, 0.4) is 0 Å². The largest absolute Gasteiger partial charge is 0.372 e. The molecule has 0 radical (unpaired) electrons. The molecule has 0 aromatic heterocycles. The molecule has 0 nitrogen and oxygen atoms in total. The van der Waals surface area contributed by atoms with Crippen LogP contribution < -0.4 is 0 Å². The first-order chi connectivity index (χ1) is 6.17. The third-order valence-corrected chi connectivity index (χ3v) is 1.65. The zero-order chi connectivity index (χ0) is 11.6. The van der Waals surface area contributed by atoms with Gasteiger partial charge in [0.05, 0.1) is 0 Å². The van der Waals surface area contributed by atoms with Crippen LogP contribution in [0.15, 0.2) is 0 Å². The van der Waals surface area contributed by atoms with E-state index < -0.39 is 30.9 Å². The van der Waals surface area contributed by atoms with Gasteiger partial charge in [-0.3, -0.25) is 0 Å². The molecule has 0 fully saturated rings. The quantitative estimate of drug-likeness (QED) is 0.627. The summed E-state index contributed by atoms with van der Waals surface area (Å²) >= 11 is 0. The van der Waals surface area contributed by atoms with E-state index in [-0.39, 0.29) is 6.42 Å². The smallest absolute Gasteiger partial charge is 0.241 e. The van der Waals surface area contributed by atoms with Crippen LogP contribution in [0.25, 0.3) is 0 Å². The molecule has 0 saturated carbocycles. The van der Waals surface area contributed by atoms with E-state index in [4.69, 9.17) is 0 Å². The Labute approximate surface area is 76.1 Å². The Balaban J connectivity index is 4.74. The van der Waals surface area contributed by atoms with Gasteiger partial charge in [-0.15, -0.1) is 0 Å². The third-order valence-electron chi connectivity index (χ3n) is 1.65. The average molecular weight is 226 g/mol. The summed E-state index contributed by atoms with van der Waals surface area (Å²) in [6.07, 6.45) is -8.84. The molecule has 0 unspecified atom stereocenters. The second-order valence-corrected chi connectivity index (χ2v) is 2.80. The maximum absolute atomic E-state index is 12.5. The molecule has 86 valence electrons. The molecule has 0 spiro atoms. The van der Waals surface area contributed by atoms with Crippen molar-refractivity contribution in [3.8, 4) is 0 Å². The van der Waals surface area contributed by atoms with E-state index in [0.717, 1.165) is 0 Å². The summed E-state index contributed by atoms with van der Waals surface area (Å²) in [6.45, 7) is 1.28. The standard InChI is InChI=1S/C7H9F7/c1-2-3-4(8)6(11,12)7(13,14)5(9)10/h4-5H,2-3H2,1H3/t4-/m0/s1. The van der Waals surface area contributed by atoms with Gasteiger partial charge >= 0.3 is 18.3 Å². The predicted octanol–water partition coefficient (Wildman–Crippen LogP) is 3.66. The van der Waals surface area contributed by atoms with E-state index in [1.165, 1.54) is 6.92 Å². The maximum Gasteiger partial charge on any atom is 0.372 e. The van der Waals surface area contributed by atoms with Gasteiger partial charge in [-0.1, -0.05) is 13.3 Å². The fourth-order valence-electron chi connectivity index (χ4n) is 0.789. The SMILES string of the molecule is CCC[C@H](F)C(F)(F)C(F)(F)C(F)F. The Kier molecular flexibility index (Phi) is 4.20. The topological polar surface area (TPSA) is 0 Å². The van der Waals surface area contributed by atoms with Gasteiger partial charge in [0.15, 0.2) is 6.17 Å². The van der Waals surface area contributed by atoms with E-state index in [1.807, 2.05) is 0 Å². The molecule has 0 aliphatic heterocycles. The summed E-state index contributed by atoms with van der Waals surface area (Å²) in [5, 5.41) is 0. The summed E-state index contributed by atoms with van der Waals surface area (Å²) in [6, 6.07) is 0. The van der Waals surface area contributed by atoms with Crippen molar-refractivity contribution in [1.82, 2.24) is 0 Å². The minimum absolute atomic E-state index is 0.129. The number of rotatable bonds is 5. The Hall–Kier alpha value is -0.490. The van der Waals surface area contributed by atoms with Crippen molar-refractivity contribution >= 4 is 0 Å². The fraction of sp³-hybridized carbons (Fsp3) is 1.00. The second kappa shape index (κ2) is 4.35. The highest BCUT2D eigenvalue weighted by Gasteiger charge is 2.66. The average Bonchev–Trinajstić information content (AvgIpc) is 2.04. The number of alkyl halides is 7.